The topological polar surface area (TPSA) is 39.4 Å². The Morgan fingerprint density at radius 2 is 1.95 bits per heavy atom. The summed E-state index contributed by atoms with van der Waals surface area (Å²) in [6.07, 6.45) is 4.80. The highest BCUT2D eigenvalue weighted by molar-refractivity contribution is 6.17. The Balaban J connectivity index is 1.81. The molecular formula is C16H16ClN3O. The smallest absolute Gasteiger partial charge is 0.234 e. The monoisotopic (exact) mass is 301 g/mol. The van der Waals surface area contributed by atoms with Crippen LogP contribution in [0.4, 0.5) is 0 Å². The zero-order valence-electron chi connectivity index (χ0n) is 11.8. The fourth-order valence-corrected chi connectivity index (χ4v) is 2.17. The van der Waals surface area contributed by atoms with E-state index in [1.807, 2.05) is 54.0 Å². The minimum atomic E-state index is 0.617. The van der Waals surface area contributed by atoms with Crippen LogP contribution in [0.5, 0.6) is 5.75 Å². The molecule has 0 aliphatic carbocycles. The molecule has 0 aliphatic rings. The SMILES string of the molecule is Cc1ccn2cc(-c3ccc(OCCCCl)cc3)nc2n1. The second-order valence-electron chi connectivity index (χ2n) is 4.82. The average molecular weight is 302 g/mol. The zero-order chi connectivity index (χ0) is 14.7. The molecule has 0 fully saturated rings. The molecule has 0 saturated carbocycles. The van der Waals surface area contributed by atoms with E-state index in [0.29, 0.717) is 18.3 Å². The van der Waals surface area contributed by atoms with Crippen LogP contribution in [0.25, 0.3) is 17.0 Å². The fourth-order valence-electron chi connectivity index (χ4n) is 2.07. The second kappa shape index (κ2) is 6.14. The van der Waals surface area contributed by atoms with Crippen LogP contribution < -0.4 is 4.74 Å². The number of hydrogen-bond donors (Lipinski definition) is 0. The molecule has 0 aliphatic heterocycles. The Labute approximate surface area is 128 Å². The van der Waals surface area contributed by atoms with Crippen molar-refractivity contribution in [2.75, 3.05) is 12.5 Å². The van der Waals surface area contributed by atoms with E-state index in [4.69, 9.17) is 16.3 Å². The molecule has 3 rings (SSSR count). The lowest BCUT2D eigenvalue weighted by Crippen LogP contribution is -1.97. The summed E-state index contributed by atoms with van der Waals surface area (Å²) < 4.78 is 7.51. The van der Waals surface area contributed by atoms with Crippen molar-refractivity contribution in [1.29, 1.82) is 0 Å². The van der Waals surface area contributed by atoms with Gasteiger partial charge in [-0.15, -0.1) is 11.6 Å². The number of aryl methyl sites for hydroxylation is 1. The van der Waals surface area contributed by atoms with Gasteiger partial charge in [-0.1, -0.05) is 0 Å². The van der Waals surface area contributed by atoms with Gasteiger partial charge >= 0.3 is 0 Å². The number of hydrogen-bond acceptors (Lipinski definition) is 3. The predicted octanol–water partition coefficient (Wildman–Crippen LogP) is 3.71. The van der Waals surface area contributed by atoms with E-state index >= 15 is 0 Å². The van der Waals surface area contributed by atoms with Crippen LogP contribution in [-0.4, -0.2) is 26.9 Å². The Kier molecular flexibility index (Phi) is 4.06. The molecule has 0 bridgehead atoms. The number of benzene rings is 1. The highest BCUT2D eigenvalue weighted by Gasteiger charge is 2.05. The number of imidazole rings is 1. The van der Waals surface area contributed by atoms with Crippen LogP contribution in [0, 0.1) is 6.92 Å². The molecule has 1 aromatic carbocycles. The quantitative estimate of drug-likeness (QED) is 0.533. The lowest BCUT2D eigenvalue weighted by atomic mass is 10.2. The molecule has 0 unspecified atom stereocenters. The van der Waals surface area contributed by atoms with Gasteiger partial charge in [0.1, 0.15) is 5.75 Å². The van der Waals surface area contributed by atoms with Crippen molar-refractivity contribution >= 4 is 17.4 Å². The predicted molar refractivity (Wildman–Crippen MR) is 84.0 cm³/mol. The molecule has 0 amide bonds. The number of fused-ring (bicyclic) bond motifs is 1. The molecular weight excluding hydrogens is 286 g/mol. The molecule has 0 atom stereocenters. The van der Waals surface area contributed by atoms with Gasteiger partial charge in [0.05, 0.1) is 12.3 Å². The highest BCUT2D eigenvalue weighted by atomic mass is 35.5. The Bertz CT molecular complexity index is 737. The highest BCUT2D eigenvalue weighted by Crippen LogP contribution is 2.22. The summed E-state index contributed by atoms with van der Waals surface area (Å²) in [5.74, 6) is 2.18. The largest absolute Gasteiger partial charge is 0.494 e. The van der Waals surface area contributed by atoms with Crippen LogP contribution >= 0.6 is 11.6 Å². The first-order chi connectivity index (χ1) is 10.3. The third kappa shape index (κ3) is 3.16. The molecule has 2 aromatic heterocycles. The van der Waals surface area contributed by atoms with Gasteiger partial charge < -0.3 is 4.74 Å². The van der Waals surface area contributed by atoms with Crippen LogP contribution in [-0.2, 0) is 0 Å². The molecule has 0 N–H and O–H groups in total. The van der Waals surface area contributed by atoms with Crippen molar-refractivity contribution in [1.82, 2.24) is 14.4 Å². The van der Waals surface area contributed by atoms with Gasteiger partial charge in [-0.05, 0) is 43.7 Å². The summed E-state index contributed by atoms with van der Waals surface area (Å²) in [5, 5.41) is 0. The van der Waals surface area contributed by atoms with Gasteiger partial charge in [0, 0.05) is 29.5 Å². The van der Waals surface area contributed by atoms with E-state index in [1.165, 1.54) is 0 Å². The number of nitrogens with zero attached hydrogens (tertiary/aromatic N) is 3. The first-order valence-corrected chi connectivity index (χ1v) is 7.41. The maximum atomic E-state index is 5.63. The zero-order valence-corrected chi connectivity index (χ0v) is 12.5. The molecule has 0 saturated heterocycles. The minimum Gasteiger partial charge on any atom is -0.494 e. The summed E-state index contributed by atoms with van der Waals surface area (Å²) in [5.41, 5.74) is 2.91. The normalized spacial score (nSPS) is 11.0. The van der Waals surface area contributed by atoms with Gasteiger partial charge in [-0.3, -0.25) is 4.40 Å². The third-order valence-electron chi connectivity index (χ3n) is 3.16. The summed E-state index contributed by atoms with van der Waals surface area (Å²) in [7, 11) is 0. The van der Waals surface area contributed by atoms with Crippen LogP contribution in [0.1, 0.15) is 12.1 Å². The van der Waals surface area contributed by atoms with E-state index in [2.05, 4.69) is 9.97 Å². The number of rotatable bonds is 5. The van der Waals surface area contributed by atoms with Crippen molar-refractivity contribution in [3.8, 4) is 17.0 Å². The standard InChI is InChI=1S/C16H16ClN3O/c1-12-7-9-20-11-15(19-16(20)18-12)13-3-5-14(6-4-13)21-10-2-8-17/h3-7,9,11H,2,8,10H2,1H3. The van der Waals surface area contributed by atoms with E-state index in [9.17, 15) is 0 Å². The van der Waals surface area contributed by atoms with Crippen molar-refractivity contribution in [3.05, 3.63) is 48.4 Å². The Hall–Kier alpha value is -2.07. The van der Waals surface area contributed by atoms with E-state index in [-0.39, 0.29) is 0 Å². The van der Waals surface area contributed by atoms with Crippen LogP contribution in [0.2, 0.25) is 0 Å². The first kappa shape index (κ1) is 13.9. The summed E-state index contributed by atoms with van der Waals surface area (Å²) in [6.45, 7) is 2.60. The lowest BCUT2D eigenvalue weighted by Gasteiger charge is -2.05. The van der Waals surface area contributed by atoms with E-state index in [1.54, 1.807) is 0 Å². The number of halogens is 1. The summed E-state index contributed by atoms with van der Waals surface area (Å²) >= 11 is 5.63. The third-order valence-corrected chi connectivity index (χ3v) is 3.43. The number of aromatic nitrogens is 3. The number of alkyl halides is 1. The second-order valence-corrected chi connectivity index (χ2v) is 5.20. The number of ether oxygens (including phenoxy) is 1. The van der Waals surface area contributed by atoms with Gasteiger partial charge in [-0.25, -0.2) is 9.97 Å². The van der Waals surface area contributed by atoms with E-state index in [0.717, 1.165) is 29.1 Å². The first-order valence-electron chi connectivity index (χ1n) is 6.88. The van der Waals surface area contributed by atoms with Gasteiger partial charge in [0.2, 0.25) is 5.78 Å². The van der Waals surface area contributed by atoms with Crippen LogP contribution in [0.3, 0.4) is 0 Å². The maximum Gasteiger partial charge on any atom is 0.234 e. The van der Waals surface area contributed by atoms with E-state index < -0.39 is 0 Å². The summed E-state index contributed by atoms with van der Waals surface area (Å²) in [6, 6.07) is 9.88. The van der Waals surface area contributed by atoms with Crippen molar-refractivity contribution in [2.24, 2.45) is 0 Å². The van der Waals surface area contributed by atoms with Gasteiger partial charge in [0.25, 0.3) is 0 Å². The van der Waals surface area contributed by atoms with Crippen molar-refractivity contribution < 1.29 is 4.74 Å². The fraction of sp³-hybridized carbons (Fsp3) is 0.250. The van der Waals surface area contributed by atoms with Gasteiger partial charge in [0.15, 0.2) is 0 Å². The average Bonchev–Trinajstić information content (AvgIpc) is 2.91. The minimum absolute atomic E-state index is 0.617. The van der Waals surface area contributed by atoms with Crippen LogP contribution in [0.15, 0.2) is 42.7 Å². The molecule has 4 nitrogen and oxygen atoms in total. The molecule has 2 heterocycles. The molecule has 0 radical (unpaired) electrons. The summed E-state index contributed by atoms with van der Waals surface area (Å²) in [4.78, 5) is 8.95. The molecule has 3 aromatic rings. The molecule has 0 spiro atoms. The van der Waals surface area contributed by atoms with Crippen molar-refractivity contribution in [3.63, 3.8) is 0 Å². The Morgan fingerprint density at radius 1 is 1.14 bits per heavy atom. The molecule has 21 heavy (non-hydrogen) atoms. The maximum absolute atomic E-state index is 5.63. The van der Waals surface area contributed by atoms with Crippen molar-refractivity contribution in [2.45, 2.75) is 13.3 Å². The Morgan fingerprint density at radius 3 is 2.71 bits per heavy atom. The lowest BCUT2D eigenvalue weighted by molar-refractivity contribution is 0.318. The van der Waals surface area contributed by atoms with Gasteiger partial charge in [-0.2, -0.15) is 0 Å². The molecule has 108 valence electrons. The molecule has 5 heteroatoms.